The lowest BCUT2D eigenvalue weighted by Crippen LogP contribution is -2.47. The fourth-order valence-electron chi connectivity index (χ4n) is 3.49. The number of nitrogen functional groups attached to an aromatic ring is 1. The molecule has 1 aromatic rings. The third-order valence-electron chi connectivity index (χ3n) is 4.31. The van der Waals surface area contributed by atoms with E-state index in [4.69, 9.17) is 5.84 Å². The number of fused-ring (bicyclic) bond motifs is 1. The number of nitrogens with zero attached hydrogens (tertiary/aromatic N) is 3. The lowest BCUT2D eigenvalue weighted by molar-refractivity contribution is 0.243. The Bertz CT molecular complexity index is 406. The molecule has 18 heavy (non-hydrogen) atoms. The third kappa shape index (κ3) is 2.14. The zero-order chi connectivity index (χ0) is 12.4. The van der Waals surface area contributed by atoms with Crippen molar-refractivity contribution < 1.29 is 0 Å². The first-order valence-electron chi connectivity index (χ1n) is 6.95. The third-order valence-corrected chi connectivity index (χ3v) is 4.31. The summed E-state index contributed by atoms with van der Waals surface area (Å²) in [6.45, 7) is 1.11. The fraction of sp³-hybridized carbons (Fsp3) is 0.692. The standard InChI is InChI=1S/C13H21N5/c14-17-13-15-8-7-12(16-13)18-9-3-5-10-4-1-2-6-11(10)18/h7-8,10-11H,1-6,9,14H2,(H,15,16,17). The van der Waals surface area contributed by atoms with Crippen LogP contribution in [0.1, 0.15) is 38.5 Å². The number of nitrogens with two attached hydrogens (primary N) is 1. The highest BCUT2D eigenvalue weighted by atomic mass is 15.3. The molecule has 0 radical (unpaired) electrons. The number of hydrogen-bond acceptors (Lipinski definition) is 5. The van der Waals surface area contributed by atoms with Crippen molar-refractivity contribution in [1.29, 1.82) is 0 Å². The smallest absolute Gasteiger partial charge is 0.239 e. The van der Waals surface area contributed by atoms with Gasteiger partial charge in [-0.25, -0.2) is 10.8 Å². The monoisotopic (exact) mass is 247 g/mol. The number of hydrogen-bond donors (Lipinski definition) is 2. The van der Waals surface area contributed by atoms with Crippen molar-refractivity contribution >= 4 is 11.8 Å². The first kappa shape index (κ1) is 11.7. The van der Waals surface area contributed by atoms with Gasteiger partial charge < -0.3 is 4.90 Å². The molecule has 2 atom stereocenters. The highest BCUT2D eigenvalue weighted by Crippen LogP contribution is 2.37. The predicted molar refractivity (Wildman–Crippen MR) is 72.2 cm³/mol. The van der Waals surface area contributed by atoms with E-state index in [1.54, 1.807) is 6.20 Å². The summed E-state index contributed by atoms with van der Waals surface area (Å²) in [5.74, 6) is 7.77. The Kier molecular flexibility index (Phi) is 3.32. The summed E-state index contributed by atoms with van der Waals surface area (Å²) in [5, 5.41) is 0. The lowest BCUT2D eigenvalue weighted by Gasteiger charge is -2.44. The fourth-order valence-corrected chi connectivity index (χ4v) is 3.49. The molecule has 2 aliphatic rings. The molecule has 98 valence electrons. The molecule has 2 unspecified atom stereocenters. The molecule has 2 fully saturated rings. The molecule has 0 aromatic carbocycles. The Morgan fingerprint density at radius 1 is 1.22 bits per heavy atom. The van der Waals surface area contributed by atoms with Crippen LogP contribution >= 0.6 is 0 Å². The average molecular weight is 247 g/mol. The Morgan fingerprint density at radius 2 is 2.06 bits per heavy atom. The summed E-state index contributed by atoms with van der Waals surface area (Å²) in [6, 6.07) is 2.67. The van der Waals surface area contributed by atoms with Crippen LogP contribution in [0.3, 0.4) is 0 Å². The number of aromatic nitrogens is 2. The van der Waals surface area contributed by atoms with E-state index in [-0.39, 0.29) is 0 Å². The number of nitrogens with one attached hydrogen (secondary N) is 1. The number of anilines is 2. The molecule has 5 nitrogen and oxygen atoms in total. The summed E-state index contributed by atoms with van der Waals surface area (Å²) in [4.78, 5) is 11.0. The van der Waals surface area contributed by atoms with E-state index >= 15 is 0 Å². The SMILES string of the molecule is NNc1nccc(N2CCCC3CCCCC32)n1. The second-order valence-electron chi connectivity index (χ2n) is 5.33. The Labute approximate surface area is 108 Å². The van der Waals surface area contributed by atoms with Crippen LogP contribution in [0.4, 0.5) is 11.8 Å². The first-order valence-corrected chi connectivity index (χ1v) is 6.95. The van der Waals surface area contributed by atoms with E-state index in [0.717, 1.165) is 18.3 Å². The summed E-state index contributed by atoms with van der Waals surface area (Å²) in [7, 11) is 0. The van der Waals surface area contributed by atoms with Gasteiger partial charge in [-0.1, -0.05) is 12.8 Å². The number of hydrazine groups is 1. The van der Waals surface area contributed by atoms with Crippen molar-refractivity contribution in [3.63, 3.8) is 0 Å². The number of piperidine rings is 1. The topological polar surface area (TPSA) is 67.1 Å². The minimum Gasteiger partial charge on any atom is -0.353 e. The van der Waals surface area contributed by atoms with Gasteiger partial charge in [0.15, 0.2) is 0 Å². The number of rotatable bonds is 2. The van der Waals surface area contributed by atoms with Crippen LogP contribution in [-0.2, 0) is 0 Å². The molecule has 1 saturated carbocycles. The molecule has 2 heterocycles. The van der Waals surface area contributed by atoms with Crippen LogP contribution < -0.4 is 16.2 Å². The largest absolute Gasteiger partial charge is 0.353 e. The second-order valence-corrected chi connectivity index (χ2v) is 5.33. The van der Waals surface area contributed by atoms with E-state index in [1.807, 2.05) is 6.07 Å². The molecular formula is C13H21N5. The molecule has 0 spiro atoms. The Hall–Kier alpha value is -1.36. The van der Waals surface area contributed by atoms with Crippen LogP contribution in [0.5, 0.6) is 0 Å². The van der Waals surface area contributed by atoms with Crippen LogP contribution in [0.2, 0.25) is 0 Å². The van der Waals surface area contributed by atoms with Crippen LogP contribution in [0.25, 0.3) is 0 Å². The molecule has 1 aromatic heterocycles. The lowest BCUT2D eigenvalue weighted by atomic mass is 9.78. The minimum absolute atomic E-state index is 0.505. The predicted octanol–water partition coefficient (Wildman–Crippen LogP) is 1.92. The van der Waals surface area contributed by atoms with Gasteiger partial charge in [0.25, 0.3) is 0 Å². The zero-order valence-electron chi connectivity index (χ0n) is 10.7. The van der Waals surface area contributed by atoms with Gasteiger partial charge >= 0.3 is 0 Å². The molecule has 1 saturated heterocycles. The maximum Gasteiger partial charge on any atom is 0.239 e. The van der Waals surface area contributed by atoms with Crippen molar-refractivity contribution in [2.45, 2.75) is 44.6 Å². The van der Waals surface area contributed by atoms with Gasteiger partial charge in [0.2, 0.25) is 5.95 Å². The van der Waals surface area contributed by atoms with Crippen molar-refractivity contribution in [2.24, 2.45) is 11.8 Å². The normalized spacial score (nSPS) is 27.7. The van der Waals surface area contributed by atoms with Crippen molar-refractivity contribution in [3.8, 4) is 0 Å². The maximum atomic E-state index is 5.39. The van der Waals surface area contributed by atoms with Crippen molar-refractivity contribution in [2.75, 3.05) is 16.9 Å². The maximum absolute atomic E-state index is 5.39. The van der Waals surface area contributed by atoms with Gasteiger partial charge in [-0.3, -0.25) is 5.43 Å². The minimum atomic E-state index is 0.505. The van der Waals surface area contributed by atoms with Gasteiger partial charge in [-0.05, 0) is 37.7 Å². The summed E-state index contributed by atoms with van der Waals surface area (Å²) in [5.41, 5.74) is 2.53. The van der Waals surface area contributed by atoms with Gasteiger partial charge in [-0.15, -0.1) is 0 Å². The van der Waals surface area contributed by atoms with Gasteiger partial charge in [-0.2, -0.15) is 4.98 Å². The molecule has 0 bridgehead atoms. The van der Waals surface area contributed by atoms with E-state index in [0.29, 0.717) is 12.0 Å². The quantitative estimate of drug-likeness (QED) is 0.617. The van der Waals surface area contributed by atoms with E-state index in [1.165, 1.54) is 38.5 Å². The highest BCUT2D eigenvalue weighted by Gasteiger charge is 2.33. The van der Waals surface area contributed by atoms with Crippen molar-refractivity contribution in [3.05, 3.63) is 12.3 Å². The van der Waals surface area contributed by atoms with Crippen LogP contribution in [-0.4, -0.2) is 22.6 Å². The first-order chi connectivity index (χ1) is 8.88. The molecule has 1 aliphatic carbocycles. The summed E-state index contributed by atoms with van der Waals surface area (Å²) in [6.07, 6.45) is 9.88. The molecule has 3 rings (SSSR count). The molecular weight excluding hydrogens is 226 g/mol. The Balaban J connectivity index is 1.84. The molecule has 3 N–H and O–H groups in total. The summed E-state index contributed by atoms with van der Waals surface area (Å²) >= 11 is 0. The van der Waals surface area contributed by atoms with Gasteiger partial charge in [0, 0.05) is 18.8 Å². The molecule has 0 amide bonds. The zero-order valence-corrected chi connectivity index (χ0v) is 10.7. The van der Waals surface area contributed by atoms with Crippen LogP contribution in [0, 0.1) is 5.92 Å². The van der Waals surface area contributed by atoms with E-state index in [2.05, 4.69) is 20.3 Å². The molecule has 5 heteroatoms. The van der Waals surface area contributed by atoms with Gasteiger partial charge in [0.05, 0.1) is 0 Å². The van der Waals surface area contributed by atoms with Crippen molar-refractivity contribution in [1.82, 2.24) is 9.97 Å². The average Bonchev–Trinajstić information content (AvgIpc) is 2.47. The second kappa shape index (κ2) is 5.10. The highest BCUT2D eigenvalue weighted by molar-refractivity contribution is 5.44. The van der Waals surface area contributed by atoms with E-state index < -0.39 is 0 Å². The van der Waals surface area contributed by atoms with Gasteiger partial charge in [0.1, 0.15) is 5.82 Å². The molecule has 1 aliphatic heterocycles. The van der Waals surface area contributed by atoms with E-state index in [9.17, 15) is 0 Å². The summed E-state index contributed by atoms with van der Waals surface area (Å²) < 4.78 is 0. The Morgan fingerprint density at radius 3 is 2.94 bits per heavy atom. The van der Waals surface area contributed by atoms with Crippen LogP contribution in [0.15, 0.2) is 12.3 Å².